The van der Waals surface area contributed by atoms with E-state index < -0.39 is 34.4 Å². The second kappa shape index (κ2) is 16.7. The van der Waals surface area contributed by atoms with Crippen LogP contribution in [0.5, 0.6) is 11.5 Å². The molecule has 3 N–H and O–H groups in total. The predicted octanol–water partition coefficient (Wildman–Crippen LogP) is 6.17. The van der Waals surface area contributed by atoms with Gasteiger partial charge in [-0.1, -0.05) is 0 Å². The molecule has 0 bridgehead atoms. The number of rotatable bonds is 11. The number of aliphatic hydroxyl groups is 1. The van der Waals surface area contributed by atoms with Crippen molar-refractivity contribution in [3.63, 3.8) is 0 Å². The minimum atomic E-state index is -4.14. The van der Waals surface area contributed by atoms with Gasteiger partial charge in [-0.25, -0.2) is 18.6 Å². The zero-order chi connectivity index (χ0) is 44.2. The van der Waals surface area contributed by atoms with E-state index in [1.54, 1.807) is 29.9 Å². The van der Waals surface area contributed by atoms with Crippen molar-refractivity contribution in [3.8, 4) is 17.6 Å². The number of ether oxygens (including phenoxy) is 1. The van der Waals surface area contributed by atoms with Gasteiger partial charge in [0.1, 0.15) is 23.2 Å². The van der Waals surface area contributed by atoms with E-state index in [9.17, 15) is 23.3 Å². The Morgan fingerprint density at radius 1 is 1.02 bits per heavy atom. The van der Waals surface area contributed by atoms with Crippen molar-refractivity contribution in [2.45, 2.75) is 75.7 Å². The van der Waals surface area contributed by atoms with Crippen molar-refractivity contribution < 1.29 is 36.6 Å². The molecule has 4 aliphatic rings. The third-order valence-corrected chi connectivity index (χ3v) is 15.1. The molecule has 19 heteroatoms. The Hall–Kier alpha value is -5.81. The molecule has 4 heterocycles. The molecule has 2 aromatic heterocycles. The van der Waals surface area contributed by atoms with E-state index in [1.807, 2.05) is 18.3 Å². The molecule has 2 saturated carbocycles. The highest BCUT2D eigenvalue weighted by atomic mass is 32.2. The van der Waals surface area contributed by atoms with E-state index in [0.717, 1.165) is 92.1 Å². The van der Waals surface area contributed by atoms with Gasteiger partial charge in [0.25, 0.3) is 0 Å². The van der Waals surface area contributed by atoms with Crippen LogP contribution in [0.3, 0.4) is 0 Å². The number of nitrogens with zero attached hydrogens (tertiary/aromatic N) is 8. The van der Waals surface area contributed by atoms with Crippen LogP contribution in [0.4, 0.5) is 25.1 Å². The number of carbonyl (C=O) groups is 2. The lowest BCUT2D eigenvalue weighted by atomic mass is 9.56. The first-order chi connectivity index (χ1) is 30.2. The maximum atomic E-state index is 15.8. The van der Waals surface area contributed by atoms with Gasteiger partial charge in [-0.05, 0) is 118 Å². The summed E-state index contributed by atoms with van der Waals surface area (Å²) in [7, 11) is -1.10. The number of nitriles is 1. The fraction of sp³-hybridized carbons (Fsp3) is 0.455. The maximum absolute atomic E-state index is 15.8. The topological polar surface area (TPSA) is 199 Å². The van der Waals surface area contributed by atoms with E-state index in [4.69, 9.17) is 14.8 Å². The average molecular weight is 883 g/mol. The van der Waals surface area contributed by atoms with Crippen LogP contribution < -0.4 is 19.7 Å². The first kappa shape index (κ1) is 42.5. The van der Waals surface area contributed by atoms with Gasteiger partial charge in [-0.2, -0.15) is 23.1 Å². The highest BCUT2D eigenvalue weighted by Gasteiger charge is 2.47. The van der Waals surface area contributed by atoms with Gasteiger partial charge in [0.05, 0.1) is 34.5 Å². The summed E-state index contributed by atoms with van der Waals surface area (Å²) in [6, 6.07) is 12.2. The molecule has 330 valence electrons. The lowest BCUT2D eigenvalue weighted by molar-refractivity contribution is -0.120. The number of hydrogen-bond donors (Lipinski definition) is 3. The number of urea groups is 1. The Morgan fingerprint density at radius 3 is 2.49 bits per heavy atom. The largest absolute Gasteiger partial charge is 0.453 e. The van der Waals surface area contributed by atoms with Crippen LogP contribution in [0.1, 0.15) is 86.4 Å². The molecule has 16 nitrogen and oxygen atoms in total. The molecule has 63 heavy (non-hydrogen) atoms. The Bertz CT molecular complexity index is 2770. The summed E-state index contributed by atoms with van der Waals surface area (Å²) >= 11 is 0. The van der Waals surface area contributed by atoms with Gasteiger partial charge in [-0.15, -0.1) is 0 Å². The van der Waals surface area contributed by atoms with Gasteiger partial charge in [-0.3, -0.25) is 29.4 Å². The Labute approximate surface area is 363 Å². The quantitative estimate of drug-likeness (QED) is 0.137. The number of amides is 3. The monoisotopic (exact) mass is 882 g/mol. The third kappa shape index (κ3) is 8.16. The normalized spacial score (nSPS) is 20.9. The number of imide groups is 1. The van der Waals surface area contributed by atoms with Crippen LogP contribution in [-0.2, 0) is 22.1 Å². The molecule has 2 aliphatic carbocycles. The van der Waals surface area contributed by atoms with Gasteiger partial charge in [0, 0.05) is 63.2 Å². The number of nitrogens with one attached hydrogen (secondary N) is 2. The van der Waals surface area contributed by atoms with E-state index in [-0.39, 0.29) is 65.5 Å². The fourth-order valence-corrected chi connectivity index (χ4v) is 10.9. The number of likely N-dealkylation sites (tertiary alicyclic amines) is 1. The van der Waals surface area contributed by atoms with Crippen LogP contribution in [0.25, 0.3) is 21.9 Å². The number of fused-ring (bicyclic) bond motifs is 2. The molecule has 3 amide bonds. The number of anilines is 2. The summed E-state index contributed by atoms with van der Waals surface area (Å²) in [5.41, 5.74) is 3.22. The lowest BCUT2D eigenvalue weighted by Crippen LogP contribution is -2.50. The van der Waals surface area contributed by atoms with Crippen molar-refractivity contribution >= 4 is 55.6 Å². The van der Waals surface area contributed by atoms with Gasteiger partial charge in [0.2, 0.25) is 5.91 Å². The Morgan fingerprint density at radius 2 is 1.78 bits per heavy atom. The molecule has 2 aliphatic heterocycles. The van der Waals surface area contributed by atoms with Crippen molar-refractivity contribution in [3.05, 3.63) is 77.1 Å². The van der Waals surface area contributed by atoms with Crippen LogP contribution in [-0.4, -0.2) is 100 Å². The number of carbonyl (C=O) groups excluding carboxylic acids is 2. The standard InChI is InChI=1S/C44H48F2N10O6S/c1-53(17-18-57)63(60,61)52-35-10-8-33(45)41(32(35)24-47)62-29-7-9-36-37(19-29)49-38(25-48-36)27-22-44(23-27)12-15-55(16-13-44)28-5-3-26(4-6-28)30-21-39-31(20-34(30)46)42(51-54(39)2)56-14-11-40(58)50-43(56)59/h7-10,19-21,25-28,52,57H,3-6,11-18,22-23H2,1-2H3,(H,50,58,59). The molecule has 1 spiro atoms. The number of aliphatic hydroxyl groups excluding tert-OH is 1. The molecule has 4 fully saturated rings. The molecular weight excluding hydrogens is 835 g/mol. The molecule has 0 unspecified atom stereocenters. The molecule has 2 saturated heterocycles. The van der Waals surface area contributed by atoms with E-state index in [2.05, 4.69) is 25.0 Å². The summed E-state index contributed by atoms with van der Waals surface area (Å²) in [5, 5.41) is 26.5. The number of hydrogen-bond acceptors (Lipinski definition) is 11. The van der Waals surface area contributed by atoms with E-state index >= 15 is 8.78 Å². The second-order valence-corrected chi connectivity index (χ2v) is 19.1. The molecule has 0 radical (unpaired) electrons. The second-order valence-electron chi connectivity index (χ2n) is 17.4. The third-order valence-electron chi connectivity index (χ3n) is 13.6. The van der Waals surface area contributed by atoms with E-state index in [1.165, 1.54) is 18.0 Å². The highest BCUT2D eigenvalue weighted by Crippen LogP contribution is 2.57. The number of halogens is 2. The zero-order valence-electron chi connectivity index (χ0n) is 35.0. The summed E-state index contributed by atoms with van der Waals surface area (Å²) in [5.74, 6) is -1.03. The predicted molar refractivity (Wildman–Crippen MR) is 229 cm³/mol. The summed E-state index contributed by atoms with van der Waals surface area (Å²) in [4.78, 5) is 37.8. The van der Waals surface area contributed by atoms with Gasteiger partial charge >= 0.3 is 16.2 Å². The zero-order valence-corrected chi connectivity index (χ0v) is 35.8. The molecule has 9 rings (SSSR count). The van der Waals surface area contributed by atoms with Crippen molar-refractivity contribution in [2.24, 2.45) is 12.5 Å². The number of benzene rings is 3. The van der Waals surface area contributed by atoms with Crippen LogP contribution in [0.15, 0.2) is 48.7 Å². The Kier molecular flexibility index (Phi) is 11.3. The smallest absolute Gasteiger partial charge is 0.329 e. The minimum Gasteiger partial charge on any atom is -0.453 e. The van der Waals surface area contributed by atoms with E-state index in [0.29, 0.717) is 33.8 Å². The molecule has 5 aromatic rings. The average Bonchev–Trinajstić information content (AvgIpc) is 3.57. The van der Waals surface area contributed by atoms with Crippen LogP contribution in [0, 0.1) is 28.4 Å². The molecular formula is C44H48F2N10O6S. The number of aryl methyl sites for hydroxylation is 1. The first-order valence-corrected chi connectivity index (χ1v) is 22.7. The van der Waals surface area contributed by atoms with Gasteiger partial charge in [0.15, 0.2) is 17.4 Å². The highest BCUT2D eigenvalue weighted by molar-refractivity contribution is 7.90. The molecule has 3 aromatic carbocycles. The Balaban J connectivity index is 0.802. The summed E-state index contributed by atoms with van der Waals surface area (Å²) in [6.07, 6.45) is 9.95. The fourth-order valence-electron chi connectivity index (χ4n) is 9.99. The van der Waals surface area contributed by atoms with Gasteiger partial charge < -0.3 is 14.7 Å². The summed E-state index contributed by atoms with van der Waals surface area (Å²) in [6.45, 7) is 1.64. The number of likely N-dealkylation sites (N-methyl/N-ethyl adjacent to an activating group) is 1. The van der Waals surface area contributed by atoms with Crippen LogP contribution in [0.2, 0.25) is 0 Å². The SMILES string of the molecule is CN(CCO)S(=O)(=O)Nc1ccc(F)c(Oc2ccc3ncc(C4CC5(CCN(C6CCC(c7cc8c(cc7F)c(N7CCC(=O)NC7=O)nn8C)CC6)CC5)C4)nc3c2)c1C#N. The molecule has 0 atom stereocenters. The van der Waals surface area contributed by atoms with Crippen molar-refractivity contribution in [2.75, 3.05) is 49.5 Å². The lowest BCUT2D eigenvalue weighted by Gasteiger charge is -2.53. The maximum Gasteiger partial charge on any atom is 0.329 e. The number of aromatic nitrogens is 4. The van der Waals surface area contributed by atoms with Crippen molar-refractivity contribution in [1.82, 2.24) is 34.3 Å². The van der Waals surface area contributed by atoms with Crippen LogP contribution >= 0.6 is 0 Å². The summed E-state index contributed by atoms with van der Waals surface area (Å²) < 4.78 is 67.0. The number of piperidine rings is 1. The first-order valence-electron chi connectivity index (χ1n) is 21.3. The minimum absolute atomic E-state index is 0.0932. The van der Waals surface area contributed by atoms with Crippen molar-refractivity contribution in [1.29, 1.82) is 5.26 Å².